The minimum atomic E-state index is 0.153. The molecule has 1 aromatic rings. The molecule has 0 aliphatic heterocycles. The summed E-state index contributed by atoms with van der Waals surface area (Å²) < 4.78 is 0. The maximum Gasteiger partial charge on any atom is 0.229 e. The van der Waals surface area contributed by atoms with Crippen LogP contribution in [-0.2, 0) is 4.79 Å². The van der Waals surface area contributed by atoms with E-state index in [1.807, 2.05) is 7.05 Å². The summed E-state index contributed by atoms with van der Waals surface area (Å²) in [5.74, 6) is 1.17. The van der Waals surface area contributed by atoms with E-state index in [0.29, 0.717) is 5.69 Å². The standard InChI is InChI=1S/C17H27N3O/c1-3-4-5-13-6-8-14(9-7-13)17(21)20(2)16-10-11-19-12-15(16)18/h10-14H,3-9,18H2,1-2H3. The zero-order valence-electron chi connectivity index (χ0n) is 13.2. The van der Waals surface area contributed by atoms with Gasteiger partial charge in [0.2, 0.25) is 5.91 Å². The summed E-state index contributed by atoms with van der Waals surface area (Å²) >= 11 is 0. The van der Waals surface area contributed by atoms with Crippen LogP contribution in [0.3, 0.4) is 0 Å². The van der Waals surface area contributed by atoms with E-state index in [9.17, 15) is 4.79 Å². The summed E-state index contributed by atoms with van der Waals surface area (Å²) in [6.45, 7) is 2.24. The number of anilines is 2. The summed E-state index contributed by atoms with van der Waals surface area (Å²) in [5.41, 5.74) is 7.24. The van der Waals surface area contributed by atoms with E-state index < -0.39 is 0 Å². The van der Waals surface area contributed by atoms with E-state index in [1.165, 1.54) is 32.1 Å². The molecule has 0 saturated heterocycles. The minimum Gasteiger partial charge on any atom is -0.396 e. The predicted molar refractivity (Wildman–Crippen MR) is 87.0 cm³/mol. The van der Waals surface area contributed by atoms with Crippen molar-refractivity contribution < 1.29 is 4.79 Å². The fourth-order valence-corrected chi connectivity index (χ4v) is 3.29. The van der Waals surface area contributed by atoms with Crippen molar-refractivity contribution in [3.63, 3.8) is 0 Å². The molecular formula is C17H27N3O. The summed E-state index contributed by atoms with van der Waals surface area (Å²) in [5, 5.41) is 0. The normalized spacial score (nSPS) is 22.0. The van der Waals surface area contributed by atoms with Crippen molar-refractivity contribution in [3.8, 4) is 0 Å². The maximum atomic E-state index is 12.6. The number of hydrogen-bond donors (Lipinski definition) is 1. The molecule has 1 saturated carbocycles. The Balaban J connectivity index is 1.91. The number of carbonyl (C=O) groups is 1. The van der Waals surface area contributed by atoms with Gasteiger partial charge >= 0.3 is 0 Å². The van der Waals surface area contributed by atoms with Crippen LogP contribution in [0, 0.1) is 11.8 Å². The van der Waals surface area contributed by atoms with Gasteiger partial charge in [-0.1, -0.05) is 26.2 Å². The lowest BCUT2D eigenvalue weighted by atomic mass is 9.79. The molecule has 4 heteroatoms. The lowest BCUT2D eigenvalue weighted by Gasteiger charge is -2.31. The molecule has 116 valence electrons. The number of hydrogen-bond acceptors (Lipinski definition) is 3. The topological polar surface area (TPSA) is 59.2 Å². The number of nitrogens with zero attached hydrogens (tertiary/aromatic N) is 2. The Bertz CT molecular complexity index is 467. The molecule has 1 fully saturated rings. The largest absolute Gasteiger partial charge is 0.396 e. The average Bonchev–Trinajstić information content (AvgIpc) is 2.52. The first-order valence-electron chi connectivity index (χ1n) is 8.10. The van der Waals surface area contributed by atoms with Crippen molar-refractivity contribution in [2.75, 3.05) is 17.7 Å². The molecule has 0 spiro atoms. The van der Waals surface area contributed by atoms with Crippen molar-refractivity contribution in [2.24, 2.45) is 11.8 Å². The van der Waals surface area contributed by atoms with Crippen molar-refractivity contribution in [1.29, 1.82) is 0 Å². The maximum absolute atomic E-state index is 12.6. The number of nitrogens with two attached hydrogens (primary N) is 1. The number of nitrogen functional groups attached to an aromatic ring is 1. The van der Waals surface area contributed by atoms with E-state index in [4.69, 9.17) is 5.73 Å². The molecule has 1 aliphatic carbocycles. The Morgan fingerprint density at radius 1 is 1.38 bits per heavy atom. The van der Waals surface area contributed by atoms with Gasteiger partial charge in [0.05, 0.1) is 17.6 Å². The second-order valence-electron chi connectivity index (χ2n) is 6.19. The molecule has 0 unspecified atom stereocenters. The molecule has 1 aromatic heterocycles. The molecule has 1 amide bonds. The van der Waals surface area contributed by atoms with Gasteiger partial charge in [0, 0.05) is 19.2 Å². The summed E-state index contributed by atoms with van der Waals surface area (Å²) in [6.07, 6.45) is 11.6. The van der Waals surface area contributed by atoms with Crippen LogP contribution in [0.15, 0.2) is 18.5 Å². The second-order valence-corrected chi connectivity index (χ2v) is 6.19. The highest BCUT2D eigenvalue weighted by Gasteiger charge is 2.28. The number of unbranched alkanes of at least 4 members (excludes halogenated alkanes) is 1. The lowest BCUT2D eigenvalue weighted by Crippen LogP contribution is -2.35. The van der Waals surface area contributed by atoms with Crippen LogP contribution in [0.2, 0.25) is 0 Å². The lowest BCUT2D eigenvalue weighted by molar-refractivity contribution is -0.123. The fraction of sp³-hybridized carbons (Fsp3) is 0.647. The number of carbonyl (C=O) groups excluding carboxylic acids is 1. The number of aromatic nitrogens is 1. The van der Waals surface area contributed by atoms with Crippen molar-refractivity contribution >= 4 is 17.3 Å². The van der Waals surface area contributed by atoms with Crippen LogP contribution in [0.25, 0.3) is 0 Å². The summed E-state index contributed by atoms with van der Waals surface area (Å²) in [4.78, 5) is 18.3. The van der Waals surface area contributed by atoms with E-state index >= 15 is 0 Å². The zero-order valence-corrected chi connectivity index (χ0v) is 13.2. The molecule has 4 nitrogen and oxygen atoms in total. The first-order valence-corrected chi connectivity index (χ1v) is 8.10. The van der Waals surface area contributed by atoms with E-state index in [1.54, 1.807) is 23.4 Å². The summed E-state index contributed by atoms with van der Waals surface area (Å²) in [7, 11) is 1.82. The first-order chi connectivity index (χ1) is 10.1. The zero-order chi connectivity index (χ0) is 15.2. The predicted octanol–water partition coefficient (Wildman–Crippen LogP) is 3.62. The summed E-state index contributed by atoms with van der Waals surface area (Å²) in [6, 6.07) is 1.81. The van der Waals surface area contributed by atoms with Crippen LogP contribution >= 0.6 is 0 Å². The Morgan fingerprint density at radius 3 is 2.71 bits per heavy atom. The molecule has 1 aliphatic rings. The Hall–Kier alpha value is -1.58. The van der Waals surface area contributed by atoms with Gasteiger partial charge in [-0.25, -0.2) is 0 Å². The van der Waals surface area contributed by atoms with Crippen molar-refractivity contribution in [2.45, 2.75) is 51.9 Å². The van der Waals surface area contributed by atoms with E-state index in [2.05, 4.69) is 11.9 Å². The van der Waals surface area contributed by atoms with Crippen LogP contribution in [0.4, 0.5) is 11.4 Å². The first kappa shape index (κ1) is 15.8. The number of pyridine rings is 1. The van der Waals surface area contributed by atoms with Gasteiger partial charge in [0.1, 0.15) is 0 Å². The van der Waals surface area contributed by atoms with Crippen molar-refractivity contribution in [1.82, 2.24) is 4.98 Å². The third-order valence-corrected chi connectivity index (χ3v) is 4.68. The van der Waals surface area contributed by atoms with Crippen LogP contribution < -0.4 is 10.6 Å². The fourth-order valence-electron chi connectivity index (χ4n) is 3.29. The molecule has 2 N–H and O–H groups in total. The monoisotopic (exact) mass is 289 g/mol. The Labute approximate surface area is 127 Å². The molecule has 2 rings (SSSR count). The van der Waals surface area contributed by atoms with Gasteiger partial charge in [-0.15, -0.1) is 0 Å². The van der Waals surface area contributed by atoms with Gasteiger partial charge in [0.15, 0.2) is 0 Å². The highest BCUT2D eigenvalue weighted by Crippen LogP contribution is 2.34. The van der Waals surface area contributed by atoms with Gasteiger partial charge in [-0.2, -0.15) is 0 Å². The molecule has 0 radical (unpaired) electrons. The molecule has 0 aromatic carbocycles. The van der Waals surface area contributed by atoms with Gasteiger partial charge < -0.3 is 10.6 Å². The highest BCUT2D eigenvalue weighted by molar-refractivity contribution is 5.97. The smallest absolute Gasteiger partial charge is 0.229 e. The Kier molecular flexibility index (Phi) is 5.59. The minimum absolute atomic E-state index is 0.153. The quantitative estimate of drug-likeness (QED) is 0.900. The van der Waals surface area contributed by atoms with Crippen molar-refractivity contribution in [3.05, 3.63) is 18.5 Å². The van der Waals surface area contributed by atoms with Crippen LogP contribution in [-0.4, -0.2) is 17.9 Å². The highest BCUT2D eigenvalue weighted by atomic mass is 16.2. The Morgan fingerprint density at radius 2 is 2.10 bits per heavy atom. The van der Waals surface area contributed by atoms with Crippen LogP contribution in [0.5, 0.6) is 0 Å². The molecule has 0 bridgehead atoms. The van der Waals surface area contributed by atoms with E-state index in [-0.39, 0.29) is 11.8 Å². The van der Waals surface area contributed by atoms with E-state index in [0.717, 1.165) is 24.4 Å². The third kappa shape index (κ3) is 3.96. The van der Waals surface area contributed by atoms with Gasteiger partial charge in [0.25, 0.3) is 0 Å². The van der Waals surface area contributed by atoms with Gasteiger partial charge in [-0.3, -0.25) is 9.78 Å². The molecule has 1 heterocycles. The van der Waals surface area contributed by atoms with Gasteiger partial charge in [-0.05, 0) is 37.7 Å². The number of rotatable bonds is 5. The molecule has 21 heavy (non-hydrogen) atoms. The average molecular weight is 289 g/mol. The third-order valence-electron chi connectivity index (χ3n) is 4.68. The molecule has 0 atom stereocenters. The molecular weight excluding hydrogens is 262 g/mol. The second kappa shape index (κ2) is 7.43. The SMILES string of the molecule is CCCCC1CCC(C(=O)N(C)c2ccncc2N)CC1. The number of amides is 1. The van der Waals surface area contributed by atoms with Crippen LogP contribution in [0.1, 0.15) is 51.9 Å².